The van der Waals surface area contributed by atoms with E-state index in [9.17, 15) is 8.78 Å². The van der Waals surface area contributed by atoms with Crippen LogP contribution in [0.2, 0.25) is 0 Å². The van der Waals surface area contributed by atoms with E-state index in [1.807, 2.05) is 0 Å². The van der Waals surface area contributed by atoms with Gasteiger partial charge < -0.3 is 4.74 Å². The normalized spacial score (nSPS) is 25.6. The summed E-state index contributed by atoms with van der Waals surface area (Å²) in [6, 6.07) is 3.71. The molecule has 18 heavy (non-hydrogen) atoms. The van der Waals surface area contributed by atoms with E-state index in [0.717, 1.165) is 31.4 Å². The number of alkyl halides is 1. The van der Waals surface area contributed by atoms with E-state index in [2.05, 4.69) is 29.8 Å². The van der Waals surface area contributed by atoms with Crippen molar-refractivity contribution >= 4 is 15.9 Å². The SMILES string of the molecule is CCC1(CC)C(Br)CC1Oc1ccc(F)c(F)c1. The van der Waals surface area contributed by atoms with Crippen LogP contribution in [0.25, 0.3) is 0 Å². The lowest BCUT2D eigenvalue weighted by Gasteiger charge is -2.52. The third kappa shape index (κ3) is 2.15. The van der Waals surface area contributed by atoms with Crippen LogP contribution < -0.4 is 4.74 Å². The zero-order valence-electron chi connectivity index (χ0n) is 10.6. The van der Waals surface area contributed by atoms with E-state index in [0.29, 0.717) is 10.6 Å². The zero-order chi connectivity index (χ0) is 13.3. The predicted molar refractivity (Wildman–Crippen MR) is 71.1 cm³/mol. The number of hydrogen-bond acceptors (Lipinski definition) is 1. The van der Waals surface area contributed by atoms with Crippen LogP contribution in [0, 0.1) is 17.0 Å². The molecule has 0 amide bonds. The van der Waals surface area contributed by atoms with Gasteiger partial charge in [-0.3, -0.25) is 0 Å². The standard InChI is InChI=1S/C14H17BrF2O/c1-3-14(4-2)12(15)8-13(14)18-9-5-6-10(16)11(17)7-9/h5-7,12-13H,3-4,8H2,1-2H3. The molecule has 0 aliphatic heterocycles. The minimum absolute atomic E-state index is 0.0711. The van der Waals surface area contributed by atoms with Gasteiger partial charge in [-0.1, -0.05) is 29.8 Å². The van der Waals surface area contributed by atoms with Crippen molar-refractivity contribution in [3.63, 3.8) is 0 Å². The lowest BCUT2D eigenvalue weighted by molar-refractivity contribution is -0.0412. The number of halogens is 3. The average molecular weight is 319 g/mol. The molecule has 0 bridgehead atoms. The Balaban J connectivity index is 2.12. The van der Waals surface area contributed by atoms with E-state index in [4.69, 9.17) is 4.74 Å². The average Bonchev–Trinajstić information content (AvgIpc) is 2.35. The summed E-state index contributed by atoms with van der Waals surface area (Å²) in [6.45, 7) is 4.27. The van der Waals surface area contributed by atoms with E-state index >= 15 is 0 Å². The minimum atomic E-state index is -0.860. The van der Waals surface area contributed by atoms with Crippen LogP contribution in [0.4, 0.5) is 8.78 Å². The summed E-state index contributed by atoms with van der Waals surface area (Å²) in [7, 11) is 0. The van der Waals surface area contributed by atoms with Crippen molar-refractivity contribution in [2.75, 3.05) is 0 Å². The first-order valence-corrected chi connectivity index (χ1v) is 7.20. The van der Waals surface area contributed by atoms with Crippen LogP contribution >= 0.6 is 15.9 Å². The molecule has 4 heteroatoms. The van der Waals surface area contributed by atoms with Gasteiger partial charge in [0.15, 0.2) is 11.6 Å². The fourth-order valence-corrected chi connectivity index (χ4v) is 4.01. The number of benzene rings is 1. The van der Waals surface area contributed by atoms with E-state index in [1.165, 1.54) is 6.07 Å². The van der Waals surface area contributed by atoms with Crippen LogP contribution in [0.1, 0.15) is 33.1 Å². The molecule has 2 atom stereocenters. The molecule has 1 aromatic rings. The molecular weight excluding hydrogens is 302 g/mol. The smallest absolute Gasteiger partial charge is 0.162 e. The van der Waals surface area contributed by atoms with Crippen LogP contribution in [-0.2, 0) is 0 Å². The molecule has 1 saturated carbocycles. The summed E-state index contributed by atoms with van der Waals surface area (Å²) >= 11 is 3.67. The van der Waals surface area contributed by atoms with Crippen molar-refractivity contribution in [1.82, 2.24) is 0 Å². The highest BCUT2D eigenvalue weighted by molar-refractivity contribution is 9.09. The van der Waals surface area contributed by atoms with Gasteiger partial charge in [0.05, 0.1) is 0 Å². The second-order valence-corrected chi connectivity index (χ2v) is 5.93. The molecule has 1 aromatic carbocycles. The summed E-state index contributed by atoms with van der Waals surface area (Å²) in [6.07, 6.45) is 2.99. The van der Waals surface area contributed by atoms with Gasteiger partial charge in [0.2, 0.25) is 0 Å². The molecular formula is C14H17BrF2O. The van der Waals surface area contributed by atoms with Crippen LogP contribution in [0.5, 0.6) is 5.75 Å². The molecule has 0 spiro atoms. The summed E-state index contributed by atoms with van der Waals surface area (Å²) in [5.41, 5.74) is 0.102. The van der Waals surface area contributed by atoms with Crippen molar-refractivity contribution in [3.8, 4) is 5.75 Å². The Hall–Kier alpha value is -0.640. The number of rotatable bonds is 4. The van der Waals surface area contributed by atoms with Gasteiger partial charge in [0.1, 0.15) is 11.9 Å². The van der Waals surface area contributed by atoms with Gasteiger partial charge in [-0.15, -0.1) is 0 Å². The zero-order valence-corrected chi connectivity index (χ0v) is 12.1. The Morgan fingerprint density at radius 2 is 1.94 bits per heavy atom. The predicted octanol–water partition coefficient (Wildman–Crippen LogP) is 4.69. The summed E-state index contributed by atoms with van der Waals surface area (Å²) in [5, 5.41) is 0. The largest absolute Gasteiger partial charge is 0.490 e. The van der Waals surface area contributed by atoms with Crippen LogP contribution in [-0.4, -0.2) is 10.9 Å². The maximum atomic E-state index is 13.1. The lowest BCUT2D eigenvalue weighted by atomic mass is 9.62. The number of hydrogen-bond donors (Lipinski definition) is 0. The summed E-state index contributed by atoms with van der Waals surface area (Å²) in [5.74, 6) is -1.29. The van der Waals surface area contributed by atoms with E-state index in [-0.39, 0.29) is 11.5 Å². The van der Waals surface area contributed by atoms with Crippen molar-refractivity contribution < 1.29 is 13.5 Å². The van der Waals surface area contributed by atoms with Crippen molar-refractivity contribution in [1.29, 1.82) is 0 Å². The monoisotopic (exact) mass is 318 g/mol. The molecule has 0 heterocycles. The maximum absolute atomic E-state index is 13.1. The third-order valence-corrected chi connectivity index (χ3v) is 5.46. The molecule has 0 aromatic heterocycles. The molecule has 1 aliphatic rings. The molecule has 100 valence electrons. The molecule has 1 nitrogen and oxygen atoms in total. The third-order valence-electron chi connectivity index (χ3n) is 4.17. The second-order valence-electron chi connectivity index (χ2n) is 4.83. The Morgan fingerprint density at radius 1 is 1.28 bits per heavy atom. The fourth-order valence-electron chi connectivity index (χ4n) is 2.73. The first kappa shape index (κ1) is 13.8. The van der Waals surface area contributed by atoms with Crippen molar-refractivity contribution in [3.05, 3.63) is 29.8 Å². The topological polar surface area (TPSA) is 9.23 Å². The highest BCUT2D eigenvalue weighted by atomic mass is 79.9. The summed E-state index contributed by atoms with van der Waals surface area (Å²) in [4.78, 5) is 0.440. The molecule has 2 unspecified atom stereocenters. The summed E-state index contributed by atoms with van der Waals surface area (Å²) < 4.78 is 31.8. The Labute approximate surface area is 115 Å². The molecule has 1 fully saturated rings. The minimum Gasteiger partial charge on any atom is -0.490 e. The first-order chi connectivity index (χ1) is 8.53. The Morgan fingerprint density at radius 3 is 2.44 bits per heavy atom. The van der Waals surface area contributed by atoms with Crippen LogP contribution in [0.15, 0.2) is 18.2 Å². The lowest BCUT2D eigenvalue weighted by Crippen LogP contribution is -2.56. The fraction of sp³-hybridized carbons (Fsp3) is 0.571. The van der Waals surface area contributed by atoms with Crippen LogP contribution in [0.3, 0.4) is 0 Å². The molecule has 1 aliphatic carbocycles. The number of ether oxygens (including phenoxy) is 1. The highest BCUT2D eigenvalue weighted by Crippen LogP contribution is 2.52. The highest BCUT2D eigenvalue weighted by Gasteiger charge is 2.53. The van der Waals surface area contributed by atoms with E-state index in [1.54, 1.807) is 0 Å². The molecule has 0 saturated heterocycles. The first-order valence-electron chi connectivity index (χ1n) is 6.29. The van der Waals surface area contributed by atoms with Gasteiger partial charge in [-0.25, -0.2) is 8.78 Å². The van der Waals surface area contributed by atoms with Gasteiger partial charge in [-0.05, 0) is 31.4 Å². The van der Waals surface area contributed by atoms with Gasteiger partial charge in [-0.2, -0.15) is 0 Å². The Bertz CT molecular complexity index is 432. The maximum Gasteiger partial charge on any atom is 0.162 e. The van der Waals surface area contributed by atoms with Gasteiger partial charge in [0.25, 0.3) is 0 Å². The van der Waals surface area contributed by atoms with Crippen molar-refractivity contribution in [2.24, 2.45) is 5.41 Å². The molecule has 0 N–H and O–H groups in total. The van der Waals surface area contributed by atoms with Gasteiger partial charge in [0, 0.05) is 16.3 Å². The Kier molecular flexibility index (Phi) is 3.95. The second kappa shape index (κ2) is 5.16. The van der Waals surface area contributed by atoms with E-state index < -0.39 is 11.6 Å². The van der Waals surface area contributed by atoms with Gasteiger partial charge >= 0.3 is 0 Å². The molecule has 2 rings (SSSR count). The molecule has 0 radical (unpaired) electrons. The van der Waals surface area contributed by atoms with Crippen molar-refractivity contribution in [2.45, 2.75) is 44.0 Å². The quantitative estimate of drug-likeness (QED) is 0.732.